The lowest BCUT2D eigenvalue weighted by atomic mass is 9.96. The topological polar surface area (TPSA) is 32.3 Å². The van der Waals surface area contributed by atoms with Crippen molar-refractivity contribution in [3.05, 3.63) is 77.9 Å². The molecule has 1 heterocycles. The Balaban J connectivity index is 1.44. The van der Waals surface area contributed by atoms with Crippen LogP contribution in [0.5, 0.6) is 0 Å². The predicted octanol–water partition coefficient (Wildman–Crippen LogP) is 5.00. The molecular weight excluding hydrogens is 332 g/mol. The Hall–Kier alpha value is -2.65. The van der Waals surface area contributed by atoms with Gasteiger partial charge in [0.15, 0.2) is 0 Å². The van der Waals surface area contributed by atoms with E-state index in [4.69, 9.17) is 0 Å². The molecule has 0 radical (unpaired) electrons. The van der Waals surface area contributed by atoms with Gasteiger partial charge in [-0.1, -0.05) is 66.2 Å². The summed E-state index contributed by atoms with van der Waals surface area (Å²) in [4.78, 5) is 15.3. The van der Waals surface area contributed by atoms with E-state index in [1.165, 1.54) is 11.1 Å². The molecule has 1 fully saturated rings. The van der Waals surface area contributed by atoms with Crippen LogP contribution in [0.25, 0.3) is 10.8 Å². The first-order valence-corrected chi connectivity index (χ1v) is 9.75. The van der Waals surface area contributed by atoms with E-state index in [0.717, 1.165) is 48.9 Å². The van der Waals surface area contributed by atoms with Gasteiger partial charge < -0.3 is 5.32 Å². The molecule has 0 spiro atoms. The van der Waals surface area contributed by atoms with Crippen LogP contribution in [0, 0.1) is 12.8 Å². The molecule has 0 aliphatic carbocycles. The number of anilines is 1. The Morgan fingerprint density at radius 3 is 2.78 bits per heavy atom. The van der Waals surface area contributed by atoms with Crippen molar-refractivity contribution >= 4 is 22.4 Å². The van der Waals surface area contributed by atoms with Crippen LogP contribution in [0.15, 0.2) is 66.7 Å². The number of aryl methyl sites for hydroxylation is 1. The summed E-state index contributed by atoms with van der Waals surface area (Å²) in [6, 6.07) is 22.9. The van der Waals surface area contributed by atoms with Crippen LogP contribution in [-0.2, 0) is 11.3 Å². The zero-order valence-electron chi connectivity index (χ0n) is 15.8. The van der Waals surface area contributed by atoms with Gasteiger partial charge in [0.1, 0.15) is 0 Å². The summed E-state index contributed by atoms with van der Waals surface area (Å²) in [5, 5.41) is 5.43. The third-order valence-electron chi connectivity index (χ3n) is 5.41. The molecule has 1 amide bonds. The summed E-state index contributed by atoms with van der Waals surface area (Å²) in [5.74, 6) is 0.183. The molecule has 3 heteroatoms. The van der Waals surface area contributed by atoms with Crippen molar-refractivity contribution in [3.63, 3.8) is 0 Å². The second kappa shape index (κ2) is 7.93. The standard InChI is InChI=1S/C24H26N2O/c1-18-7-4-8-19(15-18)16-26-14-6-11-21(17-26)24(27)25-23-13-5-10-20-9-2-3-12-22(20)23/h2-5,7-10,12-13,15,21H,6,11,14,16-17H2,1H3,(H,25,27). The monoisotopic (exact) mass is 358 g/mol. The van der Waals surface area contributed by atoms with Crippen molar-refractivity contribution in [1.82, 2.24) is 4.90 Å². The molecule has 4 rings (SSSR count). The van der Waals surface area contributed by atoms with Crippen molar-refractivity contribution in [2.75, 3.05) is 18.4 Å². The number of likely N-dealkylation sites (tertiary alicyclic amines) is 1. The highest BCUT2D eigenvalue weighted by Crippen LogP contribution is 2.25. The fourth-order valence-corrected chi connectivity index (χ4v) is 4.05. The largest absolute Gasteiger partial charge is 0.325 e. The van der Waals surface area contributed by atoms with E-state index in [1.54, 1.807) is 0 Å². The molecule has 1 unspecified atom stereocenters. The molecule has 1 aliphatic heterocycles. The van der Waals surface area contributed by atoms with Crippen LogP contribution in [0.2, 0.25) is 0 Å². The van der Waals surface area contributed by atoms with Crippen LogP contribution in [0.3, 0.4) is 0 Å². The number of hydrogen-bond donors (Lipinski definition) is 1. The van der Waals surface area contributed by atoms with E-state index in [1.807, 2.05) is 24.3 Å². The lowest BCUT2D eigenvalue weighted by Gasteiger charge is -2.32. The van der Waals surface area contributed by atoms with Gasteiger partial charge in [-0.05, 0) is 43.3 Å². The predicted molar refractivity (Wildman–Crippen MR) is 112 cm³/mol. The molecular formula is C24H26N2O. The van der Waals surface area contributed by atoms with E-state index < -0.39 is 0 Å². The molecule has 1 aliphatic rings. The molecule has 0 aromatic heterocycles. The molecule has 1 atom stereocenters. The molecule has 3 nitrogen and oxygen atoms in total. The maximum Gasteiger partial charge on any atom is 0.228 e. The Morgan fingerprint density at radius 2 is 1.89 bits per heavy atom. The maximum absolute atomic E-state index is 12.9. The average molecular weight is 358 g/mol. The number of nitrogens with zero attached hydrogens (tertiary/aromatic N) is 1. The van der Waals surface area contributed by atoms with Crippen LogP contribution < -0.4 is 5.32 Å². The van der Waals surface area contributed by atoms with Gasteiger partial charge in [-0.3, -0.25) is 9.69 Å². The Labute approximate surface area is 161 Å². The minimum absolute atomic E-state index is 0.0440. The van der Waals surface area contributed by atoms with E-state index in [-0.39, 0.29) is 11.8 Å². The van der Waals surface area contributed by atoms with Crippen LogP contribution in [-0.4, -0.2) is 23.9 Å². The first-order chi connectivity index (χ1) is 13.2. The van der Waals surface area contributed by atoms with Crippen molar-refractivity contribution < 1.29 is 4.79 Å². The van der Waals surface area contributed by atoms with Gasteiger partial charge in [0.05, 0.1) is 5.92 Å². The minimum Gasteiger partial charge on any atom is -0.325 e. The molecule has 3 aromatic rings. The molecule has 0 saturated carbocycles. The van der Waals surface area contributed by atoms with E-state index >= 15 is 0 Å². The third kappa shape index (κ3) is 4.20. The minimum atomic E-state index is 0.0440. The van der Waals surface area contributed by atoms with E-state index in [2.05, 4.69) is 59.6 Å². The molecule has 1 saturated heterocycles. The summed E-state index contributed by atoms with van der Waals surface area (Å²) < 4.78 is 0. The van der Waals surface area contributed by atoms with Crippen LogP contribution in [0.1, 0.15) is 24.0 Å². The number of amides is 1. The SMILES string of the molecule is Cc1cccc(CN2CCCC(C(=O)Nc3cccc4ccccc34)C2)c1. The summed E-state index contributed by atoms with van der Waals surface area (Å²) >= 11 is 0. The number of benzene rings is 3. The first kappa shape index (κ1) is 17.7. The van der Waals surface area contributed by atoms with Gasteiger partial charge in [-0.2, -0.15) is 0 Å². The number of piperidine rings is 1. The number of rotatable bonds is 4. The summed E-state index contributed by atoms with van der Waals surface area (Å²) in [5.41, 5.74) is 3.52. The maximum atomic E-state index is 12.9. The highest BCUT2D eigenvalue weighted by molar-refractivity contribution is 6.02. The lowest BCUT2D eigenvalue weighted by Crippen LogP contribution is -2.40. The third-order valence-corrected chi connectivity index (χ3v) is 5.41. The molecule has 0 bridgehead atoms. The van der Waals surface area contributed by atoms with E-state index in [0.29, 0.717) is 0 Å². The lowest BCUT2D eigenvalue weighted by molar-refractivity contribution is -0.121. The molecule has 27 heavy (non-hydrogen) atoms. The number of hydrogen-bond acceptors (Lipinski definition) is 2. The number of carbonyl (C=O) groups is 1. The number of carbonyl (C=O) groups excluding carboxylic acids is 1. The quantitative estimate of drug-likeness (QED) is 0.712. The average Bonchev–Trinajstić information content (AvgIpc) is 2.68. The summed E-state index contributed by atoms with van der Waals surface area (Å²) in [7, 11) is 0. The fraction of sp³-hybridized carbons (Fsp3) is 0.292. The van der Waals surface area contributed by atoms with Gasteiger partial charge in [0.2, 0.25) is 5.91 Å². The number of fused-ring (bicyclic) bond motifs is 1. The second-order valence-corrected chi connectivity index (χ2v) is 7.58. The van der Waals surface area contributed by atoms with Crippen molar-refractivity contribution in [1.29, 1.82) is 0 Å². The zero-order chi connectivity index (χ0) is 18.6. The summed E-state index contributed by atoms with van der Waals surface area (Å²) in [6.45, 7) is 4.93. The summed E-state index contributed by atoms with van der Waals surface area (Å²) in [6.07, 6.45) is 2.03. The Bertz CT molecular complexity index is 945. The molecule has 3 aromatic carbocycles. The first-order valence-electron chi connectivity index (χ1n) is 9.75. The molecule has 1 N–H and O–H groups in total. The van der Waals surface area contributed by atoms with Gasteiger partial charge in [-0.25, -0.2) is 0 Å². The van der Waals surface area contributed by atoms with Crippen molar-refractivity contribution in [3.8, 4) is 0 Å². The zero-order valence-corrected chi connectivity index (χ0v) is 15.8. The smallest absolute Gasteiger partial charge is 0.228 e. The van der Waals surface area contributed by atoms with Gasteiger partial charge in [0, 0.05) is 24.2 Å². The van der Waals surface area contributed by atoms with Gasteiger partial charge in [0.25, 0.3) is 0 Å². The van der Waals surface area contributed by atoms with Gasteiger partial charge >= 0.3 is 0 Å². The van der Waals surface area contributed by atoms with Crippen LogP contribution >= 0.6 is 0 Å². The second-order valence-electron chi connectivity index (χ2n) is 7.58. The fourth-order valence-electron chi connectivity index (χ4n) is 4.05. The Kier molecular flexibility index (Phi) is 5.21. The highest BCUT2D eigenvalue weighted by Gasteiger charge is 2.26. The Morgan fingerprint density at radius 1 is 1.07 bits per heavy atom. The van der Waals surface area contributed by atoms with Crippen LogP contribution in [0.4, 0.5) is 5.69 Å². The normalized spacial score (nSPS) is 17.7. The van der Waals surface area contributed by atoms with Crippen molar-refractivity contribution in [2.24, 2.45) is 5.92 Å². The van der Waals surface area contributed by atoms with Crippen molar-refractivity contribution in [2.45, 2.75) is 26.3 Å². The van der Waals surface area contributed by atoms with E-state index in [9.17, 15) is 4.79 Å². The van der Waals surface area contributed by atoms with Gasteiger partial charge in [-0.15, -0.1) is 0 Å². The highest BCUT2D eigenvalue weighted by atomic mass is 16.1. The number of nitrogens with one attached hydrogen (secondary N) is 1. The molecule has 138 valence electrons.